The summed E-state index contributed by atoms with van der Waals surface area (Å²) >= 11 is 0. The van der Waals surface area contributed by atoms with Gasteiger partial charge < -0.3 is 5.73 Å². The molecule has 1 aliphatic heterocycles. The highest BCUT2D eigenvalue weighted by Gasteiger charge is 2.25. The van der Waals surface area contributed by atoms with E-state index in [9.17, 15) is 0 Å². The van der Waals surface area contributed by atoms with Gasteiger partial charge in [0.05, 0.1) is 0 Å². The van der Waals surface area contributed by atoms with Crippen molar-refractivity contribution in [3.63, 3.8) is 0 Å². The van der Waals surface area contributed by atoms with Gasteiger partial charge in [0.1, 0.15) is 0 Å². The summed E-state index contributed by atoms with van der Waals surface area (Å²) in [5, 5.41) is 0. The van der Waals surface area contributed by atoms with Crippen LogP contribution in [0.5, 0.6) is 0 Å². The Hall–Kier alpha value is -0.860. The fraction of sp³-hybridized carbons (Fsp3) is 0.625. The van der Waals surface area contributed by atoms with Crippen molar-refractivity contribution in [2.45, 2.75) is 46.2 Å². The average molecular weight is 246 g/mol. The molecule has 1 aromatic rings. The van der Waals surface area contributed by atoms with Crippen molar-refractivity contribution in [2.75, 3.05) is 13.1 Å². The van der Waals surface area contributed by atoms with Gasteiger partial charge in [-0.05, 0) is 38.3 Å². The molecule has 1 aliphatic rings. The molecule has 1 saturated heterocycles. The van der Waals surface area contributed by atoms with Crippen LogP contribution < -0.4 is 5.73 Å². The monoisotopic (exact) mass is 246 g/mol. The molecule has 1 heterocycles. The van der Waals surface area contributed by atoms with E-state index in [1.807, 2.05) is 0 Å². The van der Waals surface area contributed by atoms with Crippen molar-refractivity contribution < 1.29 is 0 Å². The summed E-state index contributed by atoms with van der Waals surface area (Å²) in [7, 11) is 0. The molecule has 100 valence electrons. The fourth-order valence-corrected chi connectivity index (χ4v) is 3.12. The summed E-state index contributed by atoms with van der Waals surface area (Å²) in [5.41, 5.74) is 10.3. The van der Waals surface area contributed by atoms with E-state index >= 15 is 0 Å². The number of piperidine rings is 1. The first-order valence-corrected chi connectivity index (χ1v) is 7.13. The van der Waals surface area contributed by atoms with Crippen LogP contribution in [-0.2, 0) is 6.54 Å². The molecule has 1 aromatic carbocycles. The molecule has 2 nitrogen and oxygen atoms in total. The summed E-state index contributed by atoms with van der Waals surface area (Å²) in [6, 6.07) is 7.26. The molecule has 2 N–H and O–H groups in total. The van der Waals surface area contributed by atoms with Gasteiger partial charge in [0.2, 0.25) is 0 Å². The summed E-state index contributed by atoms with van der Waals surface area (Å²) in [6.45, 7) is 9.99. The van der Waals surface area contributed by atoms with E-state index in [0.717, 1.165) is 26.1 Å². The van der Waals surface area contributed by atoms with Crippen molar-refractivity contribution in [3.05, 3.63) is 34.9 Å². The Balaban J connectivity index is 2.01. The van der Waals surface area contributed by atoms with Gasteiger partial charge in [-0.25, -0.2) is 0 Å². The van der Waals surface area contributed by atoms with Gasteiger partial charge in [-0.2, -0.15) is 0 Å². The second kappa shape index (κ2) is 5.85. The Bertz CT molecular complexity index is 380. The number of likely N-dealkylation sites (tertiary alicyclic amines) is 1. The minimum Gasteiger partial charge on any atom is -0.327 e. The topological polar surface area (TPSA) is 29.3 Å². The second-order valence-corrected chi connectivity index (χ2v) is 5.85. The number of hydrogen-bond donors (Lipinski definition) is 1. The smallest absolute Gasteiger partial charge is 0.0234 e. The lowest BCUT2D eigenvalue weighted by Crippen LogP contribution is -2.46. The highest BCUT2D eigenvalue weighted by molar-refractivity contribution is 5.28. The van der Waals surface area contributed by atoms with E-state index in [0.29, 0.717) is 12.0 Å². The first-order chi connectivity index (χ1) is 8.58. The van der Waals surface area contributed by atoms with Crippen molar-refractivity contribution in [1.29, 1.82) is 0 Å². The van der Waals surface area contributed by atoms with Gasteiger partial charge in [0.25, 0.3) is 0 Å². The minimum atomic E-state index is 0.408. The zero-order valence-corrected chi connectivity index (χ0v) is 11.9. The lowest BCUT2D eigenvalue weighted by molar-refractivity contribution is 0.145. The van der Waals surface area contributed by atoms with E-state index in [4.69, 9.17) is 5.73 Å². The van der Waals surface area contributed by atoms with Crippen LogP contribution in [0.25, 0.3) is 0 Å². The van der Waals surface area contributed by atoms with E-state index in [2.05, 4.69) is 43.9 Å². The van der Waals surface area contributed by atoms with Crippen LogP contribution in [0, 0.1) is 19.8 Å². The van der Waals surface area contributed by atoms with E-state index in [1.165, 1.54) is 23.1 Å². The summed E-state index contributed by atoms with van der Waals surface area (Å²) in [5.74, 6) is 0.671. The van der Waals surface area contributed by atoms with Crippen LogP contribution in [0.15, 0.2) is 18.2 Å². The lowest BCUT2D eigenvalue weighted by Gasteiger charge is -2.36. The predicted molar refractivity (Wildman–Crippen MR) is 77.6 cm³/mol. The maximum Gasteiger partial charge on any atom is 0.0234 e. The first-order valence-electron chi connectivity index (χ1n) is 7.13. The van der Waals surface area contributed by atoms with Crippen molar-refractivity contribution in [2.24, 2.45) is 11.7 Å². The quantitative estimate of drug-likeness (QED) is 0.888. The Morgan fingerprint density at radius 2 is 1.89 bits per heavy atom. The third-order valence-corrected chi connectivity index (χ3v) is 4.09. The highest BCUT2D eigenvalue weighted by atomic mass is 15.1. The molecule has 0 spiro atoms. The van der Waals surface area contributed by atoms with E-state index in [-0.39, 0.29) is 0 Å². The largest absolute Gasteiger partial charge is 0.327 e. The van der Waals surface area contributed by atoms with E-state index < -0.39 is 0 Å². The van der Waals surface area contributed by atoms with Crippen LogP contribution in [0.1, 0.15) is 36.5 Å². The molecule has 0 radical (unpaired) electrons. The maximum atomic E-state index is 6.17. The Morgan fingerprint density at radius 1 is 1.22 bits per heavy atom. The SMILES string of the molecule is CCC1CN(Cc2cc(C)cc(C)c2)CCC1N. The summed E-state index contributed by atoms with van der Waals surface area (Å²) < 4.78 is 0. The molecule has 2 rings (SSSR count). The van der Waals surface area contributed by atoms with E-state index in [1.54, 1.807) is 0 Å². The van der Waals surface area contributed by atoms with Gasteiger partial charge in [-0.15, -0.1) is 0 Å². The maximum absolute atomic E-state index is 6.17. The molecule has 0 aliphatic carbocycles. The van der Waals surface area contributed by atoms with Crippen LogP contribution in [0.4, 0.5) is 0 Å². The normalized spacial score (nSPS) is 25.3. The Morgan fingerprint density at radius 3 is 2.50 bits per heavy atom. The molecule has 0 amide bonds. The average Bonchev–Trinajstić information content (AvgIpc) is 2.30. The van der Waals surface area contributed by atoms with Gasteiger partial charge >= 0.3 is 0 Å². The number of nitrogens with zero attached hydrogens (tertiary/aromatic N) is 1. The molecule has 2 heteroatoms. The predicted octanol–water partition coefficient (Wildman–Crippen LogP) is 2.86. The molecule has 0 aromatic heterocycles. The molecule has 2 atom stereocenters. The number of benzene rings is 1. The van der Waals surface area contributed by atoms with Crippen LogP contribution in [0.2, 0.25) is 0 Å². The van der Waals surface area contributed by atoms with Crippen molar-refractivity contribution >= 4 is 0 Å². The summed E-state index contributed by atoms with van der Waals surface area (Å²) in [4.78, 5) is 2.56. The van der Waals surface area contributed by atoms with Gasteiger partial charge in [0.15, 0.2) is 0 Å². The molecule has 18 heavy (non-hydrogen) atoms. The van der Waals surface area contributed by atoms with Crippen molar-refractivity contribution in [1.82, 2.24) is 4.90 Å². The zero-order chi connectivity index (χ0) is 13.1. The molecule has 0 saturated carbocycles. The lowest BCUT2D eigenvalue weighted by atomic mass is 9.90. The minimum absolute atomic E-state index is 0.408. The number of nitrogens with two attached hydrogens (primary N) is 1. The van der Waals surface area contributed by atoms with Crippen LogP contribution in [-0.4, -0.2) is 24.0 Å². The van der Waals surface area contributed by atoms with Crippen molar-refractivity contribution in [3.8, 4) is 0 Å². The molecular weight excluding hydrogens is 220 g/mol. The molecular formula is C16H26N2. The molecule has 0 bridgehead atoms. The molecule has 1 fully saturated rings. The standard InChI is InChI=1S/C16H26N2/c1-4-15-11-18(6-5-16(15)17)10-14-8-12(2)7-13(3)9-14/h7-9,15-16H,4-6,10-11,17H2,1-3H3. The number of aryl methyl sites for hydroxylation is 2. The highest BCUT2D eigenvalue weighted by Crippen LogP contribution is 2.21. The Labute approximate surface area is 111 Å². The van der Waals surface area contributed by atoms with Gasteiger partial charge in [-0.1, -0.05) is 42.7 Å². The molecule has 2 unspecified atom stereocenters. The van der Waals surface area contributed by atoms with Gasteiger partial charge in [-0.3, -0.25) is 4.90 Å². The third kappa shape index (κ3) is 3.33. The first kappa shape index (κ1) is 13.6. The van der Waals surface area contributed by atoms with Crippen LogP contribution in [0.3, 0.4) is 0 Å². The fourth-order valence-electron chi connectivity index (χ4n) is 3.12. The Kier molecular flexibility index (Phi) is 4.41. The number of hydrogen-bond acceptors (Lipinski definition) is 2. The third-order valence-electron chi connectivity index (χ3n) is 4.09. The second-order valence-electron chi connectivity index (χ2n) is 5.85. The van der Waals surface area contributed by atoms with Crippen LogP contribution >= 0.6 is 0 Å². The zero-order valence-electron chi connectivity index (χ0n) is 11.9. The summed E-state index contributed by atoms with van der Waals surface area (Å²) in [6.07, 6.45) is 2.34. The van der Waals surface area contributed by atoms with Gasteiger partial charge in [0, 0.05) is 19.1 Å². The number of rotatable bonds is 3.